The lowest BCUT2D eigenvalue weighted by Gasteiger charge is -2.21. The van der Waals surface area contributed by atoms with Crippen molar-refractivity contribution in [2.24, 2.45) is 10.9 Å². The number of benzene rings is 1. The van der Waals surface area contributed by atoms with E-state index in [0.717, 1.165) is 31.8 Å². The van der Waals surface area contributed by atoms with Crippen LogP contribution < -0.4 is 10.5 Å². The maximum absolute atomic E-state index is 8.74. The van der Waals surface area contributed by atoms with Crippen LogP contribution in [0.4, 0.5) is 0 Å². The number of hydrogen-bond donors (Lipinski definition) is 2. The van der Waals surface area contributed by atoms with E-state index in [2.05, 4.69) is 5.16 Å². The Morgan fingerprint density at radius 2 is 2.25 bits per heavy atom. The molecule has 1 aliphatic rings. The number of ether oxygens (including phenoxy) is 2. The number of amidine groups is 1. The Bertz CT molecular complexity index is 473. The highest BCUT2D eigenvalue weighted by molar-refractivity contribution is 7.99. The van der Waals surface area contributed by atoms with Gasteiger partial charge in [0.1, 0.15) is 5.75 Å². The zero-order valence-corrected chi connectivity index (χ0v) is 12.4. The standard InChI is InChI=1S/C14H20N2O3S/c1-18-13-8-10(2-3-12(13)14(15)16-17)9-20-11-4-6-19-7-5-11/h2-3,8,11,17H,4-7,9H2,1H3,(H2,15,16). The molecular formula is C14H20N2O3S. The summed E-state index contributed by atoms with van der Waals surface area (Å²) in [7, 11) is 1.58. The third-order valence-corrected chi connectivity index (χ3v) is 4.75. The van der Waals surface area contributed by atoms with E-state index in [4.69, 9.17) is 20.4 Å². The molecule has 1 aliphatic heterocycles. The predicted octanol–water partition coefficient (Wildman–Crippen LogP) is 2.20. The molecule has 6 heteroatoms. The smallest absolute Gasteiger partial charge is 0.173 e. The fourth-order valence-corrected chi connectivity index (χ4v) is 3.28. The molecule has 0 atom stereocenters. The van der Waals surface area contributed by atoms with Crippen molar-refractivity contribution in [1.29, 1.82) is 0 Å². The van der Waals surface area contributed by atoms with Crippen LogP contribution in [0.15, 0.2) is 23.4 Å². The molecule has 20 heavy (non-hydrogen) atoms. The van der Waals surface area contributed by atoms with Gasteiger partial charge < -0.3 is 20.4 Å². The number of oxime groups is 1. The first-order chi connectivity index (χ1) is 9.74. The lowest BCUT2D eigenvalue weighted by atomic mass is 10.1. The average molecular weight is 296 g/mol. The first-order valence-electron chi connectivity index (χ1n) is 6.58. The first kappa shape index (κ1) is 15.0. The summed E-state index contributed by atoms with van der Waals surface area (Å²) >= 11 is 1.94. The molecule has 0 bridgehead atoms. The van der Waals surface area contributed by atoms with Gasteiger partial charge in [0.15, 0.2) is 5.84 Å². The molecule has 0 aliphatic carbocycles. The van der Waals surface area contributed by atoms with E-state index in [9.17, 15) is 0 Å². The van der Waals surface area contributed by atoms with Crippen LogP contribution >= 0.6 is 11.8 Å². The summed E-state index contributed by atoms with van der Waals surface area (Å²) in [5, 5.41) is 12.4. The molecule has 2 rings (SSSR count). The maximum atomic E-state index is 8.74. The van der Waals surface area contributed by atoms with Gasteiger partial charge >= 0.3 is 0 Å². The van der Waals surface area contributed by atoms with Crippen molar-refractivity contribution in [3.63, 3.8) is 0 Å². The van der Waals surface area contributed by atoms with Crippen molar-refractivity contribution in [2.75, 3.05) is 20.3 Å². The molecule has 0 amide bonds. The summed E-state index contributed by atoms with van der Waals surface area (Å²) in [6.45, 7) is 1.73. The normalized spacial score (nSPS) is 17.1. The SMILES string of the molecule is COc1cc(CSC2CCOCC2)ccc1/C(N)=N/O. The molecular weight excluding hydrogens is 276 g/mol. The van der Waals surface area contributed by atoms with Crippen LogP contribution in [0.2, 0.25) is 0 Å². The Morgan fingerprint density at radius 1 is 1.50 bits per heavy atom. The highest BCUT2D eigenvalue weighted by atomic mass is 32.2. The summed E-state index contributed by atoms with van der Waals surface area (Å²) in [5.74, 6) is 1.62. The Morgan fingerprint density at radius 3 is 2.90 bits per heavy atom. The van der Waals surface area contributed by atoms with Gasteiger partial charge in [-0.1, -0.05) is 11.2 Å². The Labute approximate surface area is 123 Å². The molecule has 0 spiro atoms. The lowest BCUT2D eigenvalue weighted by Crippen LogP contribution is -2.17. The quantitative estimate of drug-likeness (QED) is 0.377. The average Bonchev–Trinajstić information content (AvgIpc) is 2.52. The monoisotopic (exact) mass is 296 g/mol. The summed E-state index contributed by atoms with van der Waals surface area (Å²) in [5.41, 5.74) is 7.39. The number of thioether (sulfide) groups is 1. The highest BCUT2D eigenvalue weighted by Gasteiger charge is 2.15. The summed E-state index contributed by atoms with van der Waals surface area (Å²) < 4.78 is 10.7. The van der Waals surface area contributed by atoms with E-state index >= 15 is 0 Å². The summed E-state index contributed by atoms with van der Waals surface area (Å²) in [6, 6.07) is 5.76. The van der Waals surface area contributed by atoms with Gasteiger partial charge in [0.25, 0.3) is 0 Å². The van der Waals surface area contributed by atoms with Crippen LogP contribution in [0.3, 0.4) is 0 Å². The van der Waals surface area contributed by atoms with Gasteiger partial charge in [0, 0.05) is 24.2 Å². The van der Waals surface area contributed by atoms with Crippen molar-refractivity contribution >= 4 is 17.6 Å². The minimum absolute atomic E-state index is 0.0606. The second-order valence-electron chi connectivity index (χ2n) is 4.64. The van der Waals surface area contributed by atoms with Crippen LogP contribution in [0.5, 0.6) is 5.75 Å². The molecule has 3 N–H and O–H groups in total. The van der Waals surface area contributed by atoms with Crippen LogP contribution in [0.25, 0.3) is 0 Å². The van der Waals surface area contributed by atoms with Crippen molar-refractivity contribution < 1.29 is 14.7 Å². The topological polar surface area (TPSA) is 77.1 Å². The molecule has 5 nitrogen and oxygen atoms in total. The number of hydrogen-bond acceptors (Lipinski definition) is 5. The highest BCUT2D eigenvalue weighted by Crippen LogP contribution is 2.28. The number of methoxy groups -OCH3 is 1. The van der Waals surface area contributed by atoms with E-state index in [-0.39, 0.29) is 5.84 Å². The Balaban J connectivity index is 2.01. The minimum atomic E-state index is 0.0606. The van der Waals surface area contributed by atoms with Crippen LogP contribution in [-0.2, 0) is 10.5 Å². The third kappa shape index (κ3) is 3.80. The fourth-order valence-electron chi connectivity index (χ4n) is 2.15. The molecule has 1 fully saturated rings. The number of nitrogens with two attached hydrogens (primary N) is 1. The third-order valence-electron chi connectivity index (χ3n) is 3.30. The molecule has 110 valence electrons. The summed E-state index contributed by atoms with van der Waals surface area (Å²) in [4.78, 5) is 0. The van der Waals surface area contributed by atoms with Gasteiger partial charge in [-0.05, 0) is 30.5 Å². The van der Waals surface area contributed by atoms with E-state index in [1.807, 2.05) is 30.0 Å². The molecule has 0 aromatic heterocycles. The van der Waals surface area contributed by atoms with E-state index in [1.54, 1.807) is 7.11 Å². The zero-order valence-electron chi connectivity index (χ0n) is 11.5. The van der Waals surface area contributed by atoms with E-state index < -0.39 is 0 Å². The van der Waals surface area contributed by atoms with Crippen LogP contribution in [0, 0.1) is 0 Å². The van der Waals surface area contributed by atoms with Crippen LogP contribution in [-0.4, -0.2) is 36.6 Å². The number of rotatable bonds is 5. The molecule has 0 radical (unpaired) electrons. The second-order valence-corrected chi connectivity index (χ2v) is 5.93. The molecule has 0 saturated carbocycles. The number of nitrogens with zero attached hydrogens (tertiary/aromatic N) is 1. The molecule has 0 unspecified atom stereocenters. The molecule has 1 aromatic rings. The van der Waals surface area contributed by atoms with Crippen molar-refractivity contribution in [3.8, 4) is 5.75 Å². The molecule has 1 heterocycles. The fraction of sp³-hybridized carbons (Fsp3) is 0.500. The predicted molar refractivity (Wildman–Crippen MR) is 80.6 cm³/mol. The summed E-state index contributed by atoms with van der Waals surface area (Å²) in [6.07, 6.45) is 2.23. The minimum Gasteiger partial charge on any atom is -0.496 e. The first-order valence-corrected chi connectivity index (χ1v) is 7.63. The van der Waals surface area contributed by atoms with Gasteiger partial charge in [-0.25, -0.2) is 0 Å². The van der Waals surface area contributed by atoms with Gasteiger partial charge in [-0.15, -0.1) is 0 Å². The van der Waals surface area contributed by atoms with Crippen molar-refractivity contribution in [3.05, 3.63) is 29.3 Å². The largest absolute Gasteiger partial charge is 0.496 e. The molecule has 1 saturated heterocycles. The van der Waals surface area contributed by atoms with Gasteiger partial charge in [-0.3, -0.25) is 0 Å². The van der Waals surface area contributed by atoms with Gasteiger partial charge in [0.05, 0.1) is 12.7 Å². The van der Waals surface area contributed by atoms with E-state index in [0.29, 0.717) is 16.6 Å². The van der Waals surface area contributed by atoms with Gasteiger partial charge in [-0.2, -0.15) is 11.8 Å². The van der Waals surface area contributed by atoms with E-state index in [1.165, 1.54) is 5.56 Å². The molecule has 1 aromatic carbocycles. The zero-order chi connectivity index (χ0) is 14.4. The van der Waals surface area contributed by atoms with Crippen molar-refractivity contribution in [1.82, 2.24) is 0 Å². The second kappa shape index (κ2) is 7.40. The lowest BCUT2D eigenvalue weighted by molar-refractivity contribution is 0.1000. The van der Waals surface area contributed by atoms with Gasteiger partial charge in [0.2, 0.25) is 0 Å². The maximum Gasteiger partial charge on any atom is 0.173 e. The van der Waals surface area contributed by atoms with Crippen LogP contribution in [0.1, 0.15) is 24.0 Å². The Hall–Kier alpha value is -1.40. The van der Waals surface area contributed by atoms with Crippen molar-refractivity contribution in [2.45, 2.75) is 23.8 Å². The Kier molecular flexibility index (Phi) is 5.55.